The smallest absolute Gasteiger partial charge is 0.237 e. The molecular weight excluding hydrogens is 318 g/mol. The number of carbonyl (C=O) groups excluding carboxylic acids is 1. The summed E-state index contributed by atoms with van der Waals surface area (Å²) in [5.41, 5.74) is 1.02. The minimum absolute atomic E-state index is 0.0158. The topological polar surface area (TPSA) is 79.0 Å². The van der Waals surface area contributed by atoms with E-state index in [1.165, 1.54) is 0 Å². The van der Waals surface area contributed by atoms with Crippen LogP contribution in [0.4, 0.5) is 0 Å². The molecule has 0 unspecified atom stereocenters. The summed E-state index contributed by atoms with van der Waals surface area (Å²) >= 11 is 0. The van der Waals surface area contributed by atoms with E-state index in [1.807, 2.05) is 31.3 Å². The molecule has 1 heterocycles. The van der Waals surface area contributed by atoms with Gasteiger partial charge in [-0.05, 0) is 13.1 Å². The minimum Gasteiger partial charge on any atom is -0.496 e. The molecule has 128 valence electrons. The van der Waals surface area contributed by atoms with Crippen molar-refractivity contribution in [3.05, 3.63) is 29.8 Å². The highest BCUT2D eigenvalue weighted by Gasteiger charge is 2.30. The van der Waals surface area contributed by atoms with Gasteiger partial charge in [-0.3, -0.25) is 9.69 Å². The maximum Gasteiger partial charge on any atom is 0.237 e. The molecule has 1 saturated heterocycles. The van der Waals surface area contributed by atoms with Crippen molar-refractivity contribution < 1.29 is 17.9 Å². The molecule has 1 aliphatic heterocycles. The van der Waals surface area contributed by atoms with Crippen LogP contribution in [0.1, 0.15) is 11.6 Å². The van der Waals surface area contributed by atoms with Gasteiger partial charge in [0.25, 0.3) is 0 Å². The number of carbonyl (C=O) groups is 1. The number of sulfonamides is 1. The molecule has 2 rings (SSSR count). The summed E-state index contributed by atoms with van der Waals surface area (Å²) in [7, 11) is 0.260. The van der Waals surface area contributed by atoms with Gasteiger partial charge in [-0.25, -0.2) is 13.1 Å². The van der Waals surface area contributed by atoms with Gasteiger partial charge in [0.15, 0.2) is 0 Å². The van der Waals surface area contributed by atoms with Gasteiger partial charge in [-0.2, -0.15) is 0 Å². The lowest BCUT2D eigenvalue weighted by atomic mass is 10.0. The number of amides is 1. The number of para-hydroxylation sites is 1. The van der Waals surface area contributed by atoms with Crippen LogP contribution < -0.4 is 9.46 Å². The molecule has 7 nitrogen and oxygen atoms in total. The Morgan fingerprint density at radius 2 is 2.04 bits per heavy atom. The number of nitrogens with zero attached hydrogens (tertiary/aromatic N) is 2. The van der Waals surface area contributed by atoms with Crippen LogP contribution in [0.3, 0.4) is 0 Å². The second-order valence-electron chi connectivity index (χ2n) is 5.67. The molecule has 1 atom stereocenters. The van der Waals surface area contributed by atoms with E-state index in [2.05, 4.69) is 9.62 Å². The van der Waals surface area contributed by atoms with Crippen LogP contribution in [-0.4, -0.2) is 70.7 Å². The standard InChI is InChI=1S/C15H23N3O4S/c1-17-8-9-18(15(19)10-16-23(3,20)21)11-13(17)12-6-4-5-7-14(12)22-2/h4-7,13,16H,8-11H2,1-3H3/t13-/m0/s1. The van der Waals surface area contributed by atoms with E-state index in [0.29, 0.717) is 19.6 Å². The van der Waals surface area contributed by atoms with Crippen molar-refractivity contribution in [2.45, 2.75) is 6.04 Å². The molecule has 1 aromatic rings. The summed E-state index contributed by atoms with van der Waals surface area (Å²) in [6, 6.07) is 7.75. The third-order valence-electron chi connectivity index (χ3n) is 3.98. The van der Waals surface area contributed by atoms with Gasteiger partial charge < -0.3 is 9.64 Å². The summed E-state index contributed by atoms with van der Waals surface area (Å²) in [6.07, 6.45) is 1.04. The molecule has 8 heteroatoms. The van der Waals surface area contributed by atoms with Crippen molar-refractivity contribution in [3.8, 4) is 5.75 Å². The van der Waals surface area contributed by atoms with E-state index in [9.17, 15) is 13.2 Å². The largest absolute Gasteiger partial charge is 0.496 e. The van der Waals surface area contributed by atoms with Gasteiger partial charge in [0.1, 0.15) is 5.75 Å². The molecule has 1 aliphatic rings. The molecule has 0 aromatic heterocycles. The maximum absolute atomic E-state index is 12.2. The molecule has 0 radical (unpaired) electrons. The van der Waals surface area contributed by atoms with Gasteiger partial charge in [0, 0.05) is 25.2 Å². The predicted octanol–water partition coefficient (Wildman–Crippen LogP) is 0.0595. The van der Waals surface area contributed by atoms with Gasteiger partial charge in [-0.15, -0.1) is 0 Å². The SMILES string of the molecule is COc1ccccc1[C@@H]1CN(C(=O)CNS(C)(=O)=O)CCN1C. The lowest BCUT2D eigenvalue weighted by Crippen LogP contribution is -2.51. The first-order chi connectivity index (χ1) is 10.8. The van der Waals surface area contributed by atoms with Crippen molar-refractivity contribution >= 4 is 15.9 Å². The first kappa shape index (κ1) is 17.7. The normalized spacial score (nSPS) is 19.6. The molecule has 1 aromatic carbocycles. The van der Waals surface area contributed by atoms with Crippen molar-refractivity contribution in [1.82, 2.24) is 14.5 Å². The Morgan fingerprint density at radius 3 is 2.70 bits per heavy atom. The highest BCUT2D eigenvalue weighted by molar-refractivity contribution is 7.88. The average molecular weight is 341 g/mol. The van der Waals surface area contributed by atoms with Crippen LogP contribution >= 0.6 is 0 Å². The Labute approximate surface area is 137 Å². The number of ether oxygens (including phenoxy) is 1. The van der Waals surface area contributed by atoms with Gasteiger partial charge in [0.05, 0.1) is 26.0 Å². The fourth-order valence-electron chi connectivity index (χ4n) is 2.68. The molecule has 1 fully saturated rings. The number of likely N-dealkylation sites (N-methyl/N-ethyl adjacent to an activating group) is 1. The van der Waals surface area contributed by atoms with Crippen LogP contribution in [0.5, 0.6) is 5.75 Å². The number of hydrogen-bond donors (Lipinski definition) is 1. The number of hydrogen-bond acceptors (Lipinski definition) is 5. The quantitative estimate of drug-likeness (QED) is 0.819. The monoisotopic (exact) mass is 341 g/mol. The summed E-state index contributed by atoms with van der Waals surface area (Å²) in [4.78, 5) is 16.1. The maximum atomic E-state index is 12.2. The van der Waals surface area contributed by atoms with Crippen molar-refractivity contribution in [2.24, 2.45) is 0 Å². The summed E-state index contributed by atoms with van der Waals surface area (Å²) in [6.45, 7) is 1.59. The second kappa shape index (κ2) is 7.29. The zero-order valence-corrected chi connectivity index (χ0v) is 14.5. The van der Waals surface area contributed by atoms with E-state index in [1.54, 1.807) is 12.0 Å². The number of rotatable bonds is 5. The van der Waals surface area contributed by atoms with E-state index in [4.69, 9.17) is 4.74 Å². The Morgan fingerprint density at radius 1 is 1.35 bits per heavy atom. The number of benzene rings is 1. The molecular formula is C15H23N3O4S. The van der Waals surface area contributed by atoms with Crippen LogP contribution in [0.2, 0.25) is 0 Å². The van der Waals surface area contributed by atoms with Gasteiger partial charge in [-0.1, -0.05) is 18.2 Å². The first-order valence-electron chi connectivity index (χ1n) is 7.37. The molecule has 0 bridgehead atoms. The molecule has 23 heavy (non-hydrogen) atoms. The summed E-state index contributed by atoms with van der Waals surface area (Å²) in [5, 5.41) is 0. The zero-order chi connectivity index (χ0) is 17.0. The minimum atomic E-state index is -3.37. The number of nitrogens with one attached hydrogen (secondary N) is 1. The van der Waals surface area contributed by atoms with E-state index in [-0.39, 0.29) is 18.5 Å². The lowest BCUT2D eigenvalue weighted by Gasteiger charge is -2.40. The first-order valence-corrected chi connectivity index (χ1v) is 9.26. The third kappa shape index (κ3) is 4.66. The predicted molar refractivity (Wildman–Crippen MR) is 87.8 cm³/mol. The molecule has 0 aliphatic carbocycles. The third-order valence-corrected chi connectivity index (χ3v) is 4.65. The van der Waals surface area contributed by atoms with Crippen molar-refractivity contribution in [2.75, 3.05) is 46.6 Å². The fourth-order valence-corrected chi connectivity index (χ4v) is 3.07. The van der Waals surface area contributed by atoms with Crippen molar-refractivity contribution in [1.29, 1.82) is 0 Å². The second-order valence-corrected chi connectivity index (χ2v) is 7.50. The summed E-state index contributed by atoms with van der Waals surface area (Å²) < 4.78 is 29.9. The van der Waals surface area contributed by atoms with Crippen LogP contribution in [-0.2, 0) is 14.8 Å². The van der Waals surface area contributed by atoms with Crippen LogP contribution in [0.15, 0.2) is 24.3 Å². The Balaban J connectivity index is 2.11. The average Bonchev–Trinajstić information content (AvgIpc) is 2.52. The van der Waals surface area contributed by atoms with Gasteiger partial charge in [0.2, 0.25) is 15.9 Å². The van der Waals surface area contributed by atoms with Crippen LogP contribution in [0.25, 0.3) is 0 Å². The lowest BCUT2D eigenvalue weighted by molar-refractivity contribution is -0.132. The Kier molecular flexibility index (Phi) is 5.61. The Bertz CT molecular complexity index is 662. The molecule has 1 N–H and O–H groups in total. The highest BCUT2D eigenvalue weighted by atomic mass is 32.2. The molecule has 0 spiro atoms. The Hall–Kier alpha value is -1.64. The van der Waals surface area contributed by atoms with E-state index < -0.39 is 10.0 Å². The van der Waals surface area contributed by atoms with Gasteiger partial charge >= 0.3 is 0 Å². The van der Waals surface area contributed by atoms with Crippen molar-refractivity contribution in [3.63, 3.8) is 0 Å². The zero-order valence-electron chi connectivity index (χ0n) is 13.7. The molecule has 1 amide bonds. The fraction of sp³-hybridized carbons (Fsp3) is 0.533. The summed E-state index contributed by atoms with van der Waals surface area (Å²) in [5.74, 6) is 0.566. The number of methoxy groups -OCH3 is 1. The number of piperazine rings is 1. The van der Waals surface area contributed by atoms with Crippen LogP contribution in [0, 0.1) is 0 Å². The highest BCUT2D eigenvalue weighted by Crippen LogP contribution is 2.31. The van der Waals surface area contributed by atoms with E-state index in [0.717, 1.165) is 17.6 Å². The molecule has 0 saturated carbocycles. The van der Waals surface area contributed by atoms with E-state index >= 15 is 0 Å².